The summed E-state index contributed by atoms with van der Waals surface area (Å²) in [6, 6.07) is 37.7. The van der Waals surface area contributed by atoms with Crippen molar-refractivity contribution < 1.29 is 9.84 Å². The molecule has 0 unspecified atom stereocenters. The number of unbranched alkanes of at least 4 members (excludes halogenated alkanes) is 1. The van der Waals surface area contributed by atoms with Gasteiger partial charge < -0.3 is 14.4 Å². The normalized spacial score (nSPS) is 11.2. The Labute approximate surface area is 243 Å². The molecule has 5 nitrogen and oxygen atoms in total. The Morgan fingerprint density at radius 3 is 1.83 bits per heavy atom. The van der Waals surface area contributed by atoms with Gasteiger partial charge in [0, 0.05) is 37.3 Å². The van der Waals surface area contributed by atoms with Gasteiger partial charge in [-0.1, -0.05) is 110 Å². The van der Waals surface area contributed by atoms with Gasteiger partial charge in [0.05, 0.1) is 25.1 Å². The maximum atomic E-state index is 9.55. The van der Waals surface area contributed by atoms with E-state index in [1.807, 2.05) is 24.3 Å². The zero-order valence-electron chi connectivity index (χ0n) is 24.0. The second-order valence-electron chi connectivity index (χ2n) is 10.4. The van der Waals surface area contributed by atoms with Gasteiger partial charge in [-0.15, -0.1) is 0 Å². The number of benzene rings is 4. The summed E-state index contributed by atoms with van der Waals surface area (Å²) in [7, 11) is 1.70. The molecule has 0 aliphatic rings. The maximum Gasteiger partial charge on any atom is 0.140 e. The number of methoxy groups -OCH3 is 1. The Balaban J connectivity index is 1.58. The number of aliphatic hydroxyl groups is 1. The molecule has 0 aliphatic carbocycles. The summed E-state index contributed by atoms with van der Waals surface area (Å²) in [5, 5.41) is 9.55. The van der Waals surface area contributed by atoms with Crippen LogP contribution in [0.5, 0.6) is 5.75 Å². The molecule has 0 saturated heterocycles. The third-order valence-corrected chi connectivity index (χ3v) is 7.44. The summed E-state index contributed by atoms with van der Waals surface area (Å²) in [6.45, 7) is 5.49. The Hall–Kier alpha value is -4.19. The minimum absolute atomic E-state index is 0.0507. The van der Waals surface area contributed by atoms with Crippen molar-refractivity contribution in [2.75, 3.05) is 7.11 Å². The van der Waals surface area contributed by atoms with Gasteiger partial charge in [-0.3, -0.25) is 4.90 Å². The van der Waals surface area contributed by atoms with Crippen LogP contribution in [-0.4, -0.2) is 26.7 Å². The number of ether oxygens (including phenoxy) is 1. The summed E-state index contributed by atoms with van der Waals surface area (Å²) in [5.41, 5.74) is 7.88. The fraction of sp³-hybridized carbons (Fsp3) is 0.250. The van der Waals surface area contributed by atoms with E-state index in [4.69, 9.17) is 9.72 Å². The molecular weight excluding hydrogens is 506 g/mol. The van der Waals surface area contributed by atoms with Gasteiger partial charge in [-0.25, -0.2) is 4.98 Å². The van der Waals surface area contributed by atoms with Crippen LogP contribution in [0.15, 0.2) is 109 Å². The predicted molar refractivity (Wildman–Crippen MR) is 166 cm³/mol. The molecular formula is C36H39N3O2. The molecule has 1 aromatic heterocycles. The maximum absolute atomic E-state index is 9.55. The van der Waals surface area contributed by atoms with Crippen LogP contribution in [0.3, 0.4) is 0 Å². The quantitative estimate of drug-likeness (QED) is 0.165. The molecule has 0 bridgehead atoms. The number of imidazole rings is 1. The van der Waals surface area contributed by atoms with Crippen molar-refractivity contribution in [1.29, 1.82) is 0 Å². The monoisotopic (exact) mass is 545 g/mol. The van der Waals surface area contributed by atoms with Crippen LogP contribution < -0.4 is 4.74 Å². The highest BCUT2D eigenvalue weighted by Crippen LogP contribution is 2.32. The zero-order valence-corrected chi connectivity index (χ0v) is 24.0. The predicted octanol–water partition coefficient (Wildman–Crippen LogP) is 7.72. The average Bonchev–Trinajstić information content (AvgIpc) is 3.39. The Kier molecular flexibility index (Phi) is 9.63. The summed E-state index contributed by atoms with van der Waals surface area (Å²) >= 11 is 0. The van der Waals surface area contributed by atoms with Crippen molar-refractivity contribution in [3.63, 3.8) is 0 Å². The first kappa shape index (κ1) is 28.3. The van der Waals surface area contributed by atoms with Gasteiger partial charge in [0.1, 0.15) is 11.6 Å². The van der Waals surface area contributed by atoms with Crippen molar-refractivity contribution in [2.24, 2.45) is 0 Å². The molecule has 0 fully saturated rings. The van der Waals surface area contributed by atoms with Crippen molar-refractivity contribution in [2.45, 2.75) is 52.6 Å². The van der Waals surface area contributed by atoms with E-state index in [2.05, 4.69) is 101 Å². The molecule has 0 aliphatic heterocycles. The molecule has 4 aromatic carbocycles. The fourth-order valence-corrected chi connectivity index (χ4v) is 5.22. The largest absolute Gasteiger partial charge is 0.497 e. The SMILES string of the molecule is CCCCn1c(-c2ccccc2)nc(-c2ccccc2)c1CN(Cc1ccc(CO)cc1)Cc1ccc(OC)cc1. The van der Waals surface area contributed by atoms with E-state index in [-0.39, 0.29) is 6.61 Å². The summed E-state index contributed by atoms with van der Waals surface area (Å²) in [6.07, 6.45) is 2.19. The lowest BCUT2D eigenvalue weighted by Gasteiger charge is -2.25. The highest BCUT2D eigenvalue weighted by Gasteiger charge is 2.22. The van der Waals surface area contributed by atoms with Gasteiger partial charge in [-0.05, 0) is 35.2 Å². The number of aromatic nitrogens is 2. The second-order valence-corrected chi connectivity index (χ2v) is 10.4. The first-order chi connectivity index (χ1) is 20.2. The van der Waals surface area contributed by atoms with Crippen molar-refractivity contribution in [3.8, 4) is 28.4 Å². The first-order valence-electron chi connectivity index (χ1n) is 14.4. The molecule has 0 amide bonds. The molecule has 210 valence electrons. The third-order valence-electron chi connectivity index (χ3n) is 7.44. The van der Waals surface area contributed by atoms with Crippen LogP contribution in [0.2, 0.25) is 0 Å². The lowest BCUT2D eigenvalue weighted by atomic mass is 10.1. The van der Waals surface area contributed by atoms with Crippen LogP contribution in [0.4, 0.5) is 0 Å². The van der Waals surface area contributed by atoms with E-state index in [1.165, 1.54) is 16.8 Å². The highest BCUT2D eigenvalue weighted by molar-refractivity contribution is 5.68. The number of nitrogens with zero attached hydrogens (tertiary/aromatic N) is 3. The van der Waals surface area contributed by atoms with E-state index >= 15 is 0 Å². The Morgan fingerprint density at radius 2 is 1.27 bits per heavy atom. The smallest absolute Gasteiger partial charge is 0.140 e. The van der Waals surface area contributed by atoms with Crippen LogP contribution in [0, 0.1) is 0 Å². The molecule has 0 atom stereocenters. The molecule has 41 heavy (non-hydrogen) atoms. The fourth-order valence-electron chi connectivity index (χ4n) is 5.22. The van der Waals surface area contributed by atoms with Gasteiger partial charge in [0.15, 0.2) is 0 Å². The average molecular weight is 546 g/mol. The third kappa shape index (κ3) is 7.12. The number of aliphatic hydroxyl groups excluding tert-OH is 1. The molecule has 5 rings (SSSR count). The van der Waals surface area contributed by atoms with Gasteiger partial charge in [0.25, 0.3) is 0 Å². The summed E-state index contributed by atoms with van der Waals surface area (Å²) in [5.74, 6) is 1.88. The molecule has 5 aromatic rings. The number of hydrogen-bond donors (Lipinski definition) is 1. The van der Waals surface area contributed by atoms with Crippen LogP contribution in [0.25, 0.3) is 22.6 Å². The van der Waals surface area contributed by atoms with E-state index in [9.17, 15) is 5.11 Å². The lowest BCUT2D eigenvalue weighted by Crippen LogP contribution is -2.24. The second kappa shape index (κ2) is 13.9. The van der Waals surface area contributed by atoms with Crippen LogP contribution >= 0.6 is 0 Å². The Morgan fingerprint density at radius 1 is 0.707 bits per heavy atom. The van der Waals surface area contributed by atoms with E-state index < -0.39 is 0 Å². The molecule has 0 spiro atoms. The summed E-state index contributed by atoms with van der Waals surface area (Å²) < 4.78 is 7.85. The van der Waals surface area contributed by atoms with Gasteiger partial charge in [-0.2, -0.15) is 0 Å². The zero-order chi connectivity index (χ0) is 28.4. The van der Waals surface area contributed by atoms with Crippen LogP contribution in [0.1, 0.15) is 42.1 Å². The molecule has 5 heteroatoms. The topological polar surface area (TPSA) is 50.5 Å². The minimum Gasteiger partial charge on any atom is -0.497 e. The number of hydrogen-bond acceptors (Lipinski definition) is 4. The molecule has 0 saturated carbocycles. The number of rotatable bonds is 13. The van der Waals surface area contributed by atoms with E-state index in [0.717, 1.165) is 73.0 Å². The summed E-state index contributed by atoms with van der Waals surface area (Å²) in [4.78, 5) is 7.79. The van der Waals surface area contributed by atoms with Crippen molar-refractivity contribution in [3.05, 3.63) is 132 Å². The van der Waals surface area contributed by atoms with Crippen LogP contribution in [-0.2, 0) is 32.8 Å². The first-order valence-corrected chi connectivity index (χ1v) is 14.4. The van der Waals surface area contributed by atoms with Crippen molar-refractivity contribution in [1.82, 2.24) is 14.5 Å². The van der Waals surface area contributed by atoms with Crippen molar-refractivity contribution >= 4 is 0 Å². The van der Waals surface area contributed by atoms with Gasteiger partial charge in [0.2, 0.25) is 0 Å². The molecule has 1 N–H and O–H groups in total. The standard InChI is InChI=1S/C36H39N3O2/c1-3-4-23-39-34(35(31-11-7-5-8-12-31)37-36(39)32-13-9-6-10-14-32)26-38(24-28-15-17-30(27-40)18-16-28)25-29-19-21-33(41-2)22-20-29/h5-22,40H,3-4,23-27H2,1-2H3. The molecule has 0 radical (unpaired) electrons. The molecule has 1 heterocycles. The van der Waals surface area contributed by atoms with E-state index in [0.29, 0.717) is 0 Å². The lowest BCUT2D eigenvalue weighted by molar-refractivity contribution is 0.241. The Bertz CT molecular complexity index is 1450. The minimum atomic E-state index is 0.0507. The highest BCUT2D eigenvalue weighted by atomic mass is 16.5. The van der Waals surface area contributed by atoms with E-state index in [1.54, 1.807) is 7.11 Å². The van der Waals surface area contributed by atoms with Gasteiger partial charge >= 0.3 is 0 Å².